The third kappa shape index (κ3) is 6.80. The minimum atomic E-state index is 0.541. The van der Waals surface area contributed by atoms with Gasteiger partial charge in [0.2, 0.25) is 5.95 Å². The van der Waals surface area contributed by atoms with Crippen molar-refractivity contribution in [3.8, 4) is 79.4 Å². The van der Waals surface area contributed by atoms with Crippen molar-refractivity contribution < 1.29 is 0 Å². The number of benzene rings is 9. The number of para-hydroxylation sites is 2. The number of hydrogen-bond acceptors (Lipinski definition) is 5. The van der Waals surface area contributed by atoms with Crippen LogP contribution in [0, 0.1) is 0 Å². The van der Waals surface area contributed by atoms with Crippen molar-refractivity contribution in [3.05, 3.63) is 237 Å². The lowest BCUT2D eigenvalue weighted by atomic mass is 10.0. The summed E-state index contributed by atoms with van der Waals surface area (Å²) in [4.78, 5) is 26.1. The molecule has 0 aliphatic rings. The van der Waals surface area contributed by atoms with Crippen molar-refractivity contribution in [2.75, 3.05) is 0 Å². The third-order valence-electron chi connectivity index (χ3n) is 12.8. The molecule has 0 bridgehead atoms. The van der Waals surface area contributed by atoms with E-state index in [2.05, 4.69) is 185 Å². The van der Waals surface area contributed by atoms with Gasteiger partial charge in [0.1, 0.15) is 0 Å². The van der Waals surface area contributed by atoms with Crippen LogP contribution in [0.15, 0.2) is 237 Å². The molecule has 0 unspecified atom stereocenters. The summed E-state index contributed by atoms with van der Waals surface area (Å²) < 4.78 is 4.56. The Bertz CT molecular complexity index is 3950. The SMILES string of the molecule is c1ccc(-c2cccc(-c3nc(-c4ccccc4)nc(-n4c5ccccc5c5cc6c7ccccc7n(-c7cccc(-c8nc(-c9ccccc9)cc(-c9ccccc9)n8)c7)c6cc54)n3)c2)cc1. The first kappa shape index (κ1) is 39.1. The summed E-state index contributed by atoms with van der Waals surface area (Å²) in [7, 11) is 0. The van der Waals surface area contributed by atoms with E-state index in [1.165, 1.54) is 0 Å². The van der Waals surface area contributed by atoms with Crippen molar-refractivity contribution in [2.45, 2.75) is 0 Å². The molecule has 0 aliphatic heterocycles. The van der Waals surface area contributed by atoms with Crippen LogP contribution in [0.3, 0.4) is 0 Å². The lowest BCUT2D eigenvalue weighted by Gasteiger charge is -2.13. The van der Waals surface area contributed by atoms with Gasteiger partial charge in [0, 0.05) is 55.0 Å². The number of nitrogens with zero attached hydrogens (tertiary/aromatic N) is 7. The Labute approximate surface area is 392 Å². The van der Waals surface area contributed by atoms with Gasteiger partial charge in [-0.1, -0.05) is 188 Å². The summed E-state index contributed by atoms with van der Waals surface area (Å²) in [5, 5.41) is 4.53. The van der Waals surface area contributed by atoms with E-state index in [-0.39, 0.29) is 0 Å². The summed E-state index contributed by atoms with van der Waals surface area (Å²) in [6.07, 6.45) is 0. The zero-order chi connectivity index (χ0) is 45.0. The molecule has 4 aromatic heterocycles. The highest BCUT2D eigenvalue weighted by molar-refractivity contribution is 6.19. The summed E-state index contributed by atoms with van der Waals surface area (Å²) >= 11 is 0. The molecule has 0 saturated heterocycles. The van der Waals surface area contributed by atoms with Gasteiger partial charge >= 0.3 is 0 Å². The second-order valence-corrected chi connectivity index (χ2v) is 16.9. The topological polar surface area (TPSA) is 74.3 Å². The molecule has 0 radical (unpaired) electrons. The predicted molar refractivity (Wildman–Crippen MR) is 277 cm³/mol. The average molecular weight is 870 g/mol. The second-order valence-electron chi connectivity index (χ2n) is 16.9. The molecule has 13 aromatic rings. The molecule has 9 aromatic carbocycles. The zero-order valence-electron chi connectivity index (χ0n) is 36.6. The summed E-state index contributed by atoms with van der Waals surface area (Å²) in [5.41, 5.74) is 13.9. The normalized spacial score (nSPS) is 11.5. The van der Waals surface area contributed by atoms with E-state index >= 15 is 0 Å². The molecule has 0 amide bonds. The Morgan fingerprint density at radius 1 is 0.235 bits per heavy atom. The van der Waals surface area contributed by atoms with Gasteiger partial charge in [-0.15, -0.1) is 0 Å². The average Bonchev–Trinajstić information content (AvgIpc) is 3.93. The van der Waals surface area contributed by atoms with Crippen LogP contribution in [-0.2, 0) is 0 Å². The van der Waals surface area contributed by atoms with Crippen LogP contribution >= 0.6 is 0 Å². The Balaban J connectivity index is 1.03. The highest BCUT2D eigenvalue weighted by Crippen LogP contribution is 2.40. The van der Waals surface area contributed by atoms with Crippen LogP contribution in [0.1, 0.15) is 0 Å². The van der Waals surface area contributed by atoms with Gasteiger partial charge in [-0.2, -0.15) is 9.97 Å². The summed E-state index contributed by atoms with van der Waals surface area (Å²) in [6.45, 7) is 0. The first-order chi connectivity index (χ1) is 33.7. The van der Waals surface area contributed by atoms with Crippen molar-refractivity contribution in [3.63, 3.8) is 0 Å². The predicted octanol–water partition coefficient (Wildman–Crippen LogP) is 14.9. The number of aromatic nitrogens is 7. The molecule has 4 heterocycles. The van der Waals surface area contributed by atoms with Gasteiger partial charge in [0.15, 0.2) is 17.5 Å². The van der Waals surface area contributed by atoms with Crippen LogP contribution in [-0.4, -0.2) is 34.1 Å². The van der Waals surface area contributed by atoms with Crippen molar-refractivity contribution in [1.29, 1.82) is 0 Å². The van der Waals surface area contributed by atoms with Gasteiger partial charge in [0.05, 0.1) is 33.5 Å². The molecule has 0 spiro atoms. The molecule has 0 saturated carbocycles. The molecular formula is C61H39N7. The van der Waals surface area contributed by atoms with Gasteiger partial charge in [-0.25, -0.2) is 15.0 Å². The van der Waals surface area contributed by atoms with Gasteiger partial charge in [-0.05, 0) is 59.7 Å². The summed E-state index contributed by atoms with van der Waals surface area (Å²) in [5.74, 6) is 2.39. The lowest BCUT2D eigenvalue weighted by Crippen LogP contribution is -2.06. The molecule has 0 atom stereocenters. The van der Waals surface area contributed by atoms with Crippen molar-refractivity contribution in [2.24, 2.45) is 0 Å². The molecule has 0 fully saturated rings. The maximum atomic E-state index is 5.33. The van der Waals surface area contributed by atoms with E-state index in [0.717, 1.165) is 99.6 Å². The fraction of sp³-hybridized carbons (Fsp3) is 0. The Hall–Kier alpha value is -9.33. The first-order valence-corrected chi connectivity index (χ1v) is 22.7. The maximum absolute atomic E-state index is 5.33. The quantitative estimate of drug-likeness (QED) is 0.152. The standard InChI is InChI=1S/C61H39N7/c1-5-19-40(20-6-1)44-27-17-28-45(35-44)60-64-58(43-25-11-4-12-26-43)65-61(66-60)68-55-34-16-14-32-49(55)51-37-50-48-31-13-15-33-54(48)67(56(50)39-57(51)68)47-30-18-29-46(36-47)59-62-52(41-21-7-2-8-22-41)38-53(63-59)42-23-9-3-10-24-42/h1-39H. The Morgan fingerprint density at radius 2 is 0.676 bits per heavy atom. The molecule has 0 aliphatic carbocycles. The van der Waals surface area contributed by atoms with Crippen LogP contribution in [0.5, 0.6) is 0 Å². The number of hydrogen-bond donors (Lipinski definition) is 0. The van der Waals surface area contributed by atoms with E-state index < -0.39 is 0 Å². The summed E-state index contributed by atoms with van der Waals surface area (Å²) in [6, 6.07) is 82.1. The molecule has 7 nitrogen and oxygen atoms in total. The monoisotopic (exact) mass is 869 g/mol. The zero-order valence-corrected chi connectivity index (χ0v) is 36.6. The Morgan fingerprint density at radius 3 is 1.29 bits per heavy atom. The molecule has 318 valence electrons. The molecule has 68 heavy (non-hydrogen) atoms. The number of rotatable bonds is 8. The minimum Gasteiger partial charge on any atom is -0.309 e. The molecule has 13 rings (SSSR count). The first-order valence-electron chi connectivity index (χ1n) is 22.7. The van der Waals surface area contributed by atoms with E-state index in [0.29, 0.717) is 23.4 Å². The largest absolute Gasteiger partial charge is 0.309 e. The van der Waals surface area contributed by atoms with E-state index in [9.17, 15) is 0 Å². The van der Waals surface area contributed by atoms with Crippen LogP contribution in [0.4, 0.5) is 0 Å². The van der Waals surface area contributed by atoms with Gasteiger partial charge in [0.25, 0.3) is 0 Å². The van der Waals surface area contributed by atoms with Crippen LogP contribution in [0.25, 0.3) is 123 Å². The Kier molecular flexibility index (Phi) is 9.35. The fourth-order valence-corrected chi connectivity index (χ4v) is 9.58. The molecular weight excluding hydrogens is 831 g/mol. The highest BCUT2D eigenvalue weighted by Gasteiger charge is 2.22. The number of fused-ring (bicyclic) bond motifs is 6. The van der Waals surface area contributed by atoms with Crippen LogP contribution < -0.4 is 0 Å². The highest BCUT2D eigenvalue weighted by atomic mass is 15.2. The van der Waals surface area contributed by atoms with Crippen molar-refractivity contribution >= 4 is 43.6 Å². The molecule has 0 N–H and O–H groups in total. The smallest absolute Gasteiger partial charge is 0.238 e. The second kappa shape index (κ2) is 16.3. The molecule has 7 heteroatoms. The van der Waals surface area contributed by atoms with E-state index in [1.54, 1.807) is 0 Å². The van der Waals surface area contributed by atoms with E-state index in [4.69, 9.17) is 24.9 Å². The minimum absolute atomic E-state index is 0.541. The third-order valence-corrected chi connectivity index (χ3v) is 12.8. The van der Waals surface area contributed by atoms with Gasteiger partial charge in [-0.3, -0.25) is 4.57 Å². The van der Waals surface area contributed by atoms with Crippen molar-refractivity contribution in [1.82, 2.24) is 34.1 Å². The lowest BCUT2D eigenvalue weighted by molar-refractivity contribution is 0.953. The fourth-order valence-electron chi connectivity index (χ4n) is 9.58. The van der Waals surface area contributed by atoms with E-state index in [1.807, 2.05) is 60.7 Å². The van der Waals surface area contributed by atoms with Gasteiger partial charge < -0.3 is 4.57 Å². The maximum Gasteiger partial charge on any atom is 0.238 e. The van der Waals surface area contributed by atoms with Crippen LogP contribution in [0.2, 0.25) is 0 Å².